The average molecular weight is 102 g/mol. The predicted molar refractivity (Wildman–Crippen MR) is 30.1 cm³/mol. The Balaban J connectivity index is 2.45. The second kappa shape index (κ2) is 5.92. The normalized spacial score (nSPS) is 9.43. The molecule has 43 valence electrons. The molecule has 2 heteroatoms. The Hall–Kier alpha value is -0.0800. The fourth-order valence-corrected chi connectivity index (χ4v) is 0.299. The molecule has 0 rings (SSSR count). The lowest BCUT2D eigenvalue weighted by Crippen LogP contribution is -2.18. The molecule has 0 saturated heterocycles. The monoisotopic (exact) mass is 102 g/mol. The summed E-state index contributed by atoms with van der Waals surface area (Å²) in [6.07, 6.45) is 0. The first kappa shape index (κ1) is 6.92. The molecule has 0 atom stereocenters. The van der Waals surface area contributed by atoms with E-state index < -0.39 is 0 Å². The third kappa shape index (κ3) is 5.92. The van der Waals surface area contributed by atoms with Crippen LogP contribution in [0.3, 0.4) is 0 Å². The first-order valence-electron chi connectivity index (χ1n) is 2.40. The number of hydrogen-bond donors (Lipinski definition) is 1. The molecule has 0 aromatic heterocycles. The van der Waals surface area contributed by atoms with Crippen LogP contribution in [0.15, 0.2) is 0 Å². The minimum Gasteiger partial charge on any atom is -0.383 e. The summed E-state index contributed by atoms with van der Waals surface area (Å²) in [7, 11) is 1.69. The number of rotatable bonds is 4. The van der Waals surface area contributed by atoms with Gasteiger partial charge in [-0.05, 0) is 13.5 Å². The summed E-state index contributed by atoms with van der Waals surface area (Å²) in [5.74, 6) is 0. The Morgan fingerprint density at radius 2 is 2.43 bits per heavy atom. The molecular weight excluding hydrogens is 90.1 g/mol. The predicted octanol–water partition coefficient (Wildman–Crippen LogP) is 0.0565. The van der Waals surface area contributed by atoms with Crippen molar-refractivity contribution in [2.24, 2.45) is 0 Å². The van der Waals surface area contributed by atoms with Crippen molar-refractivity contribution < 1.29 is 4.74 Å². The summed E-state index contributed by atoms with van der Waals surface area (Å²) < 4.78 is 4.75. The van der Waals surface area contributed by atoms with Crippen molar-refractivity contribution in [3.8, 4) is 0 Å². The van der Waals surface area contributed by atoms with Crippen molar-refractivity contribution in [2.45, 2.75) is 0 Å². The Labute approximate surface area is 44.9 Å². The molecule has 0 aromatic rings. The Morgan fingerprint density at radius 3 is 2.86 bits per heavy atom. The zero-order valence-corrected chi connectivity index (χ0v) is 4.74. The van der Waals surface area contributed by atoms with E-state index in [9.17, 15) is 0 Å². The highest BCUT2D eigenvalue weighted by atomic mass is 16.5. The lowest BCUT2D eigenvalue weighted by molar-refractivity contribution is 0.200. The Morgan fingerprint density at radius 1 is 1.71 bits per heavy atom. The molecular formula is C5H12NO. The molecule has 0 aliphatic rings. The van der Waals surface area contributed by atoms with Crippen molar-refractivity contribution in [3.05, 3.63) is 6.92 Å². The van der Waals surface area contributed by atoms with E-state index in [1.165, 1.54) is 0 Å². The van der Waals surface area contributed by atoms with E-state index >= 15 is 0 Å². The number of methoxy groups -OCH3 is 1. The standard InChI is InChI=1S/C5H12NO/c1-3-6-4-5-7-2/h6H,1,3-5H2,2H3. The molecule has 0 heterocycles. The molecule has 7 heavy (non-hydrogen) atoms. The van der Waals surface area contributed by atoms with E-state index in [1.807, 2.05) is 0 Å². The lowest BCUT2D eigenvalue weighted by Gasteiger charge is -1.96. The molecule has 1 radical (unpaired) electrons. The van der Waals surface area contributed by atoms with Crippen molar-refractivity contribution >= 4 is 0 Å². The van der Waals surface area contributed by atoms with Crippen LogP contribution in [0.2, 0.25) is 0 Å². The molecule has 2 nitrogen and oxygen atoms in total. The van der Waals surface area contributed by atoms with Crippen LogP contribution >= 0.6 is 0 Å². The highest BCUT2D eigenvalue weighted by Crippen LogP contribution is 1.60. The van der Waals surface area contributed by atoms with Gasteiger partial charge in [-0.2, -0.15) is 0 Å². The van der Waals surface area contributed by atoms with Crippen LogP contribution in [0.1, 0.15) is 0 Å². The first-order chi connectivity index (χ1) is 3.41. The van der Waals surface area contributed by atoms with Crippen LogP contribution < -0.4 is 5.32 Å². The summed E-state index contributed by atoms with van der Waals surface area (Å²) in [4.78, 5) is 0. The van der Waals surface area contributed by atoms with Gasteiger partial charge < -0.3 is 10.1 Å². The van der Waals surface area contributed by atoms with Gasteiger partial charge in [0.15, 0.2) is 0 Å². The molecule has 0 fully saturated rings. The van der Waals surface area contributed by atoms with Gasteiger partial charge in [-0.3, -0.25) is 0 Å². The molecule has 0 bridgehead atoms. The van der Waals surface area contributed by atoms with Gasteiger partial charge in [0.2, 0.25) is 0 Å². The van der Waals surface area contributed by atoms with Crippen molar-refractivity contribution in [1.82, 2.24) is 5.32 Å². The molecule has 1 N–H and O–H groups in total. The summed E-state index contributed by atoms with van der Waals surface area (Å²) >= 11 is 0. The maximum absolute atomic E-state index is 4.75. The largest absolute Gasteiger partial charge is 0.383 e. The van der Waals surface area contributed by atoms with Crippen LogP contribution in [0.5, 0.6) is 0 Å². The first-order valence-corrected chi connectivity index (χ1v) is 2.40. The third-order valence-electron chi connectivity index (χ3n) is 0.660. The van der Waals surface area contributed by atoms with Gasteiger partial charge in [-0.25, -0.2) is 0 Å². The minimum absolute atomic E-state index is 0.773. The molecule has 0 unspecified atom stereocenters. The Bertz CT molecular complexity index is 27.3. The van der Waals surface area contributed by atoms with Gasteiger partial charge >= 0.3 is 0 Å². The third-order valence-corrected chi connectivity index (χ3v) is 0.660. The quantitative estimate of drug-likeness (QED) is 0.507. The molecule has 0 spiro atoms. The smallest absolute Gasteiger partial charge is 0.0587 e. The second-order valence-electron chi connectivity index (χ2n) is 1.24. The van der Waals surface area contributed by atoms with E-state index in [0.29, 0.717) is 0 Å². The molecule has 0 aliphatic carbocycles. The van der Waals surface area contributed by atoms with Crippen LogP contribution in [0, 0.1) is 6.92 Å². The topological polar surface area (TPSA) is 21.3 Å². The maximum Gasteiger partial charge on any atom is 0.0587 e. The molecule has 0 saturated carbocycles. The number of ether oxygens (including phenoxy) is 1. The van der Waals surface area contributed by atoms with Crippen LogP contribution in [-0.4, -0.2) is 26.8 Å². The van der Waals surface area contributed by atoms with Gasteiger partial charge in [0.1, 0.15) is 0 Å². The highest BCUT2D eigenvalue weighted by molar-refractivity contribution is 4.44. The van der Waals surface area contributed by atoms with Crippen molar-refractivity contribution in [2.75, 3.05) is 26.8 Å². The average Bonchev–Trinajstić information content (AvgIpc) is 1.69. The van der Waals surface area contributed by atoms with E-state index in [1.54, 1.807) is 7.11 Å². The summed E-state index contributed by atoms with van der Waals surface area (Å²) in [6, 6.07) is 0. The fourth-order valence-electron chi connectivity index (χ4n) is 0.299. The zero-order chi connectivity index (χ0) is 5.54. The lowest BCUT2D eigenvalue weighted by atomic mass is 10.6. The molecule has 0 amide bonds. The van der Waals surface area contributed by atoms with Gasteiger partial charge in [-0.15, -0.1) is 0 Å². The summed E-state index contributed by atoms with van der Waals surface area (Å²) in [6.45, 7) is 6.05. The molecule has 0 aromatic carbocycles. The van der Waals surface area contributed by atoms with E-state index in [-0.39, 0.29) is 0 Å². The highest BCUT2D eigenvalue weighted by Gasteiger charge is 1.76. The summed E-state index contributed by atoms with van der Waals surface area (Å²) in [5, 5.41) is 3.01. The molecule has 0 aliphatic heterocycles. The fraction of sp³-hybridized carbons (Fsp3) is 0.800. The van der Waals surface area contributed by atoms with Gasteiger partial charge in [0.25, 0.3) is 0 Å². The number of nitrogens with one attached hydrogen (secondary N) is 1. The van der Waals surface area contributed by atoms with Gasteiger partial charge in [-0.1, -0.05) is 0 Å². The van der Waals surface area contributed by atoms with Crippen LogP contribution in [-0.2, 0) is 4.74 Å². The van der Waals surface area contributed by atoms with E-state index in [2.05, 4.69) is 12.2 Å². The maximum atomic E-state index is 4.75. The second-order valence-corrected chi connectivity index (χ2v) is 1.24. The van der Waals surface area contributed by atoms with Crippen molar-refractivity contribution in [3.63, 3.8) is 0 Å². The SMILES string of the molecule is [CH2]CNCCOC. The number of hydrogen-bond acceptors (Lipinski definition) is 2. The van der Waals surface area contributed by atoms with E-state index in [0.717, 1.165) is 19.7 Å². The van der Waals surface area contributed by atoms with Crippen molar-refractivity contribution in [1.29, 1.82) is 0 Å². The Kier molecular flexibility index (Phi) is 5.85. The van der Waals surface area contributed by atoms with Crippen LogP contribution in [0.4, 0.5) is 0 Å². The van der Waals surface area contributed by atoms with Crippen LogP contribution in [0.25, 0.3) is 0 Å². The summed E-state index contributed by atoms with van der Waals surface area (Å²) in [5.41, 5.74) is 0. The minimum atomic E-state index is 0.773. The zero-order valence-electron chi connectivity index (χ0n) is 4.74. The van der Waals surface area contributed by atoms with Gasteiger partial charge in [0.05, 0.1) is 6.61 Å². The van der Waals surface area contributed by atoms with E-state index in [4.69, 9.17) is 4.74 Å². The van der Waals surface area contributed by atoms with Gasteiger partial charge in [0, 0.05) is 13.7 Å².